The number of benzene rings is 2. The van der Waals surface area contributed by atoms with Gasteiger partial charge in [-0.3, -0.25) is 4.99 Å². The highest BCUT2D eigenvalue weighted by Crippen LogP contribution is 2.34. The molecular formula is C22H26FNO2. The van der Waals surface area contributed by atoms with Crippen molar-refractivity contribution in [2.24, 2.45) is 10.9 Å². The lowest BCUT2D eigenvalue weighted by Crippen LogP contribution is -2.07. The number of aliphatic imine (C=N–C) groups is 1. The molecule has 0 aromatic heterocycles. The van der Waals surface area contributed by atoms with Crippen molar-refractivity contribution in [3.63, 3.8) is 0 Å². The standard InChI is InChI=1S/C22H26FNO2/c1-16(18-6-4-3-5-7-18)24-22(12-17-8-9-17)19-10-11-20(21(23)13-19)14-26-15-25-2/h3-7,10-11,13,16-17H,8-9,12,14-15H2,1-2H3/t16-/m0/s1. The summed E-state index contributed by atoms with van der Waals surface area (Å²) in [6.07, 6.45) is 3.39. The molecule has 1 aliphatic carbocycles. The second-order valence-corrected chi connectivity index (χ2v) is 6.87. The highest BCUT2D eigenvalue weighted by Gasteiger charge is 2.24. The molecule has 0 N–H and O–H groups in total. The molecule has 0 spiro atoms. The minimum atomic E-state index is -0.255. The van der Waals surface area contributed by atoms with E-state index >= 15 is 0 Å². The summed E-state index contributed by atoms with van der Waals surface area (Å²) in [5.41, 5.74) is 3.57. The van der Waals surface area contributed by atoms with Crippen molar-refractivity contribution < 1.29 is 13.9 Å². The Balaban J connectivity index is 1.81. The van der Waals surface area contributed by atoms with Crippen molar-refractivity contribution in [3.8, 4) is 0 Å². The third kappa shape index (κ3) is 5.23. The van der Waals surface area contributed by atoms with Gasteiger partial charge in [-0.25, -0.2) is 4.39 Å². The first-order chi connectivity index (χ1) is 12.7. The topological polar surface area (TPSA) is 30.8 Å². The van der Waals surface area contributed by atoms with E-state index in [9.17, 15) is 4.39 Å². The second kappa shape index (κ2) is 9.06. The van der Waals surface area contributed by atoms with Crippen LogP contribution in [-0.2, 0) is 16.1 Å². The van der Waals surface area contributed by atoms with Gasteiger partial charge in [0.25, 0.3) is 0 Å². The smallest absolute Gasteiger partial charge is 0.146 e. The zero-order chi connectivity index (χ0) is 18.4. The zero-order valence-electron chi connectivity index (χ0n) is 15.5. The lowest BCUT2D eigenvalue weighted by atomic mass is 10.0. The first-order valence-electron chi connectivity index (χ1n) is 9.14. The van der Waals surface area contributed by atoms with Crippen LogP contribution in [0.25, 0.3) is 0 Å². The average molecular weight is 355 g/mol. The van der Waals surface area contributed by atoms with E-state index in [1.54, 1.807) is 19.2 Å². The molecule has 26 heavy (non-hydrogen) atoms. The van der Waals surface area contributed by atoms with Gasteiger partial charge in [-0.15, -0.1) is 0 Å². The highest BCUT2D eigenvalue weighted by atomic mass is 19.1. The molecule has 2 aromatic carbocycles. The molecule has 138 valence electrons. The molecule has 1 fully saturated rings. The minimum absolute atomic E-state index is 0.0534. The van der Waals surface area contributed by atoms with Crippen LogP contribution in [0.2, 0.25) is 0 Å². The van der Waals surface area contributed by atoms with Gasteiger partial charge in [0.05, 0.1) is 12.6 Å². The second-order valence-electron chi connectivity index (χ2n) is 6.87. The van der Waals surface area contributed by atoms with Crippen LogP contribution in [0.4, 0.5) is 4.39 Å². The van der Waals surface area contributed by atoms with Crippen LogP contribution in [0, 0.1) is 11.7 Å². The molecule has 1 aliphatic rings. The normalized spacial score (nSPS) is 15.9. The Kier molecular flexibility index (Phi) is 6.53. The zero-order valence-corrected chi connectivity index (χ0v) is 15.5. The number of methoxy groups -OCH3 is 1. The first kappa shape index (κ1) is 18.7. The van der Waals surface area contributed by atoms with E-state index in [2.05, 4.69) is 19.1 Å². The lowest BCUT2D eigenvalue weighted by molar-refractivity contribution is -0.0398. The highest BCUT2D eigenvalue weighted by molar-refractivity contribution is 6.01. The maximum absolute atomic E-state index is 14.5. The summed E-state index contributed by atoms with van der Waals surface area (Å²) >= 11 is 0. The van der Waals surface area contributed by atoms with Gasteiger partial charge in [-0.2, -0.15) is 0 Å². The van der Waals surface area contributed by atoms with Gasteiger partial charge in [-0.05, 0) is 49.3 Å². The number of hydrogen-bond donors (Lipinski definition) is 0. The van der Waals surface area contributed by atoms with Gasteiger partial charge in [0, 0.05) is 18.4 Å². The number of ether oxygens (including phenoxy) is 2. The maximum Gasteiger partial charge on any atom is 0.146 e. The molecular weight excluding hydrogens is 329 g/mol. The van der Waals surface area contributed by atoms with Crippen LogP contribution >= 0.6 is 0 Å². The first-order valence-corrected chi connectivity index (χ1v) is 9.14. The predicted molar refractivity (Wildman–Crippen MR) is 102 cm³/mol. The van der Waals surface area contributed by atoms with Crippen LogP contribution in [0.15, 0.2) is 53.5 Å². The van der Waals surface area contributed by atoms with Crippen molar-refractivity contribution in [3.05, 3.63) is 71.0 Å². The molecule has 0 bridgehead atoms. The summed E-state index contributed by atoms with van der Waals surface area (Å²) in [5.74, 6) is 0.430. The van der Waals surface area contributed by atoms with E-state index in [0.29, 0.717) is 11.5 Å². The Labute approximate surface area is 154 Å². The Morgan fingerprint density at radius 3 is 2.62 bits per heavy atom. The molecule has 1 saturated carbocycles. The third-order valence-corrected chi connectivity index (χ3v) is 4.66. The van der Waals surface area contributed by atoms with Crippen LogP contribution in [0.5, 0.6) is 0 Å². The molecule has 0 saturated heterocycles. The van der Waals surface area contributed by atoms with Gasteiger partial charge in [-0.1, -0.05) is 42.5 Å². The summed E-state index contributed by atoms with van der Waals surface area (Å²) in [4.78, 5) is 4.94. The molecule has 0 heterocycles. The molecule has 1 atom stereocenters. The summed E-state index contributed by atoms with van der Waals surface area (Å²) in [7, 11) is 1.55. The monoisotopic (exact) mass is 355 g/mol. The molecule has 3 rings (SSSR count). The number of nitrogens with zero attached hydrogens (tertiary/aromatic N) is 1. The summed E-state index contributed by atoms with van der Waals surface area (Å²) in [6.45, 7) is 2.45. The van der Waals surface area contributed by atoms with E-state index in [1.165, 1.54) is 18.4 Å². The number of rotatable bonds is 9. The van der Waals surface area contributed by atoms with Crippen molar-refractivity contribution in [2.75, 3.05) is 13.9 Å². The fourth-order valence-electron chi connectivity index (χ4n) is 2.96. The van der Waals surface area contributed by atoms with Gasteiger partial charge >= 0.3 is 0 Å². The molecule has 0 unspecified atom stereocenters. The van der Waals surface area contributed by atoms with Crippen molar-refractivity contribution in [2.45, 2.75) is 38.8 Å². The van der Waals surface area contributed by atoms with Crippen LogP contribution < -0.4 is 0 Å². The molecule has 4 heteroatoms. The molecule has 3 nitrogen and oxygen atoms in total. The molecule has 0 amide bonds. The summed E-state index contributed by atoms with van der Waals surface area (Å²) in [6, 6.07) is 15.6. The van der Waals surface area contributed by atoms with E-state index < -0.39 is 0 Å². The Bertz CT molecular complexity index is 741. The third-order valence-electron chi connectivity index (χ3n) is 4.66. The molecule has 2 aromatic rings. The maximum atomic E-state index is 14.5. The van der Waals surface area contributed by atoms with Crippen molar-refractivity contribution >= 4 is 5.71 Å². The van der Waals surface area contributed by atoms with E-state index in [4.69, 9.17) is 14.5 Å². The Morgan fingerprint density at radius 2 is 1.96 bits per heavy atom. The molecule has 0 aliphatic heterocycles. The quantitative estimate of drug-likeness (QED) is 0.347. The van der Waals surface area contributed by atoms with Crippen LogP contribution in [-0.4, -0.2) is 19.6 Å². The van der Waals surface area contributed by atoms with Gasteiger partial charge < -0.3 is 9.47 Å². The van der Waals surface area contributed by atoms with E-state index in [1.807, 2.05) is 24.3 Å². The van der Waals surface area contributed by atoms with Crippen molar-refractivity contribution in [1.82, 2.24) is 0 Å². The lowest BCUT2D eigenvalue weighted by Gasteiger charge is -2.13. The largest absolute Gasteiger partial charge is 0.359 e. The van der Waals surface area contributed by atoms with Gasteiger partial charge in [0.1, 0.15) is 12.6 Å². The molecule has 0 radical (unpaired) electrons. The fraction of sp³-hybridized carbons (Fsp3) is 0.409. The predicted octanol–water partition coefficient (Wildman–Crippen LogP) is 5.30. The fourth-order valence-corrected chi connectivity index (χ4v) is 2.96. The van der Waals surface area contributed by atoms with E-state index in [-0.39, 0.29) is 25.3 Å². The number of hydrogen-bond acceptors (Lipinski definition) is 3. The minimum Gasteiger partial charge on any atom is -0.359 e. The average Bonchev–Trinajstić information content (AvgIpc) is 3.47. The summed E-state index contributed by atoms with van der Waals surface area (Å²) in [5, 5.41) is 0. The Morgan fingerprint density at radius 1 is 1.19 bits per heavy atom. The Hall–Kier alpha value is -2.04. The summed E-state index contributed by atoms with van der Waals surface area (Å²) < 4.78 is 24.6. The SMILES string of the molecule is COCOCc1ccc(C(CC2CC2)=N[C@@H](C)c2ccccc2)cc1F. The van der Waals surface area contributed by atoms with Gasteiger partial charge in [0.2, 0.25) is 0 Å². The van der Waals surface area contributed by atoms with Crippen LogP contribution in [0.1, 0.15) is 48.9 Å². The number of halogens is 1. The van der Waals surface area contributed by atoms with Gasteiger partial charge in [0.15, 0.2) is 0 Å². The van der Waals surface area contributed by atoms with E-state index in [0.717, 1.165) is 17.7 Å². The van der Waals surface area contributed by atoms with Crippen molar-refractivity contribution in [1.29, 1.82) is 0 Å². The van der Waals surface area contributed by atoms with Crippen LogP contribution in [0.3, 0.4) is 0 Å².